The lowest BCUT2D eigenvalue weighted by atomic mass is 10.6. The van der Waals surface area contributed by atoms with Crippen LogP contribution in [-0.4, -0.2) is 9.97 Å². The van der Waals surface area contributed by atoms with Gasteiger partial charge in [0.1, 0.15) is 3.70 Å². The molecule has 1 rings (SSSR count). The Morgan fingerprint density at radius 1 is 1.30 bits per heavy atom. The van der Waals surface area contributed by atoms with Gasteiger partial charge in [-0.1, -0.05) is 11.6 Å². The molecule has 0 atom stereocenters. The number of nitrogens with zero attached hydrogens (tertiary/aromatic N) is 2. The molecule has 0 aromatic carbocycles. The van der Waals surface area contributed by atoms with Gasteiger partial charge in [0.15, 0.2) is 11.0 Å². The van der Waals surface area contributed by atoms with Gasteiger partial charge in [-0.15, -0.1) is 0 Å². The van der Waals surface area contributed by atoms with Crippen LogP contribution in [0.3, 0.4) is 0 Å². The van der Waals surface area contributed by atoms with Crippen LogP contribution in [0.25, 0.3) is 0 Å². The third-order valence-corrected chi connectivity index (χ3v) is 1.88. The van der Waals surface area contributed by atoms with Crippen LogP contribution in [0.2, 0.25) is 10.4 Å². The van der Waals surface area contributed by atoms with Crippen molar-refractivity contribution in [2.75, 3.05) is 0 Å². The molecule has 0 N–H and O–H groups in total. The van der Waals surface area contributed by atoms with Crippen LogP contribution in [0.4, 0.5) is 4.39 Å². The quantitative estimate of drug-likeness (QED) is 0.417. The number of aromatic nitrogens is 2. The van der Waals surface area contributed by atoms with Crippen molar-refractivity contribution in [3.05, 3.63) is 20.0 Å². The highest BCUT2D eigenvalue weighted by atomic mass is 127. The Hall–Kier alpha value is 0.320. The maximum absolute atomic E-state index is 12.6. The average Bonchev–Trinajstić information content (AvgIpc) is 1.82. The molecule has 2 nitrogen and oxygen atoms in total. The standard InChI is InChI=1S/C4Cl2FIN2/c5-2-1(7)3(8)10-4(6)9-2. The molecule has 0 spiro atoms. The van der Waals surface area contributed by atoms with Gasteiger partial charge in [0.05, 0.1) is 0 Å². The van der Waals surface area contributed by atoms with E-state index in [1.807, 2.05) is 0 Å². The maximum atomic E-state index is 12.6. The van der Waals surface area contributed by atoms with Gasteiger partial charge < -0.3 is 0 Å². The second-order valence-electron chi connectivity index (χ2n) is 1.39. The second-order valence-corrected chi connectivity index (χ2v) is 3.11. The van der Waals surface area contributed by atoms with E-state index < -0.39 is 5.82 Å². The van der Waals surface area contributed by atoms with Crippen molar-refractivity contribution >= 4 is 45.8 Å². The van der Waals surface area contributed by atoms with Gasteiger partial charge in [-0.05, 0) is 34.2 Å². The van der Waals surface area contributed by atoms with E-state index >= 15 is 0 Å². The van der Waals surface area contributed by atoms with Gasteiger partial charge in [0, 0.05) is 0 Å². The van der Waals surface area contributed by atoms with Crippen molar-refractivity contribution in [1.29, 1.82) is 0 Å². The molecule has 0 fully saturated rings. The summed E-state index contributed by atoms with van der Waals surface area (Å²) < 4.78 is 12.7. The molecule has 1 heterocycles. The van der Waals surface area contributed by atoms with E-state index in [-0.39, 0.29) is 14.1 Å². The Kier molecular flexibility index (Phi) is 2.65. The summed E-state index contributed by atoms with van der Waals surface area (Å²) in [5.74, 6) is -0.633. The fourth-order valence-electron chi connectivity index (χ4n) is 0.370. The van der Waals surface area contributed by atoms with Crippen LogP contribution in [0.15, 0.2) is 0 Å². The molecule has 54 valence electrons. The third kappa shape index (κ3) is 1.67. The molecular formula is C4Cl2FIN2. The van der Waals surface area contributed by atoms with E-state index in [9.17, 15) is 4.39 Å². The van der Waals surface area contributed by atoms with E-state index in [1.54, 1.807) is 22.6 Å². The summed E-state index contributed by atoms with van der Waals surface area (Å²) in [6.07, 6.45) is 0. The summed E-state index contributed by atoms with van der Waals surface area (Å²) in [4.78, 5) is 6.89. The number of hydrogen-bond donors (Lipinski definition) is 0. The molecule has 0 unspecified atom stereocenters. The Morgan fingerprint density at radius 2 is 1.90 bits per heavy atom. The first-order valence-electron chi connectivity index (χ1n) is 2.15. The minimum Gasteiger partial charge on any atom is -0.209 e. The first-order chi connectivity index (χ1) is 4.61. The zero-order valence-electron chi connectivity index (χ0n) is 4.41. The predicted octanol–water partition coefficient (Wildman–Crippen LogP) is 2.53. The highest BCUT2D eigenvalue weighted by Gasteiger charge is 2.08. The first kappa shape index (κ1) is 8.42. The molecule has 0 amide bonds. The van der Waals surface area contributed by atoms with Crippen LogP contribution in [0.1, 0.15) is 0 Å². The Bertz CT molecular complexity index is 244. The summed E-state index contributed by atoms with van der Waals surface area (Å²) in [5, 5.41) is -0.291. The lowest BCUT2D eigenvalue weighted by Crippen LogP contribution is -1.92. The Balaban J connectivity index is 3.31. The van der Waals surface area contributed by atoms with Crippen LogP contribution in [0, 0.1) is 9.52 Å². The topological polar surface area (TPSA) is 25.8 Å². The summed E-state index contributed by atoms with van der Waals surface area (Å²) in [6, 6.07) is 0. The molecule has 10 heavy (non-hydrogen) atoms. The van der Waals surface area contributed by atoms with E-state index in [4.69, 9.17) is 23.2 Å². The van der Waals surface area contributed by atoms with Crippen molar-refractivity contribution in [3.63, 3.8) is 0 Å². The van der Waals surface area contributed by atoms with Crippen LogP contribution in [-0.2, 0) is 0 Å². The SMILES string of the molecule is Fc1c(Cl)nc(Cl)nc1I. The van der Waals surface area contributed by atoms with E-state index in [1.165, 1.54) is 0 Å². The molecule has 0 aliphatic heterocycles. The van der Waals surface area contributed by atoms with Crippen LogP contribution >= 0.6 is 45.8 Å². The summed E-state index contributed by atoms with van der Waals surface area (Å²) in [7, 11) is 0. The Labute approximate surface area is 79.9 Å². The Morgan fingerprint density at radius 3 is 2.40 bits per heavy atom. The van der Waals surface area contributed by atoms with Crippen molar-refractivity contribution in [3.8, 4) is 0 Å². The molecule has 1 aromatic rings. The van der Waals surface area contributed by atoms with Gasteiger partial charge in [0.25, 0.3) is 0 Å². The van der Waals surface area contributed by atoms with E-state index in [0.717, 1.165) is 0 Å². The third-order valence-electron chi connectivity index (χ3n) is 0.743. The monoisotopic (exact) mass is 292 g/mol. The van der Waals surface area contributed by atoms with Gasteiger partial charge >= 0.3 is 0 Å². The zero-order valence-corrected chi connectivity index (χ0v) is 8.08. The summed E-state index contributed by atoms with van der Waals surface area (Å²) >= 11 is 12.3. The van der Waals surface area contributed by atoms with Crippen molar-refractivity contribution in [2.24, 2.45) is 0 Å². The van der Waals surface area contributed by atoms with Crippen LogP contribution in [0.5, 0.6) is 0 Å². The highest BCUT2D eigenvalue weighted by Crippen LogP contribution is 2.17. The number of rotatable bonds is 0. The van der Waals surface area contributed by atoms with Gasteiger partial charge in [-0.3, -0.25) is 0 Å². The molecule has 0 radical (unpaired) electrons. The van der Waals surface area contributed by atoms with Gasteiger partial charge in [-0.25, -0.2) is 14.4 Å². The second kappa shape index (κ2) is 3.15. The first-order valence-corrected chi connectivity index (χ1v) is 3.99. The molecule has 6 heteroatoms. The number of halogens is 4. The zero-order chi connectivity index (χ0) is 7.72. The smallest absolute Gasteiger partial charge is 0.209 e. The molecule has 0 saturated carbocycles. The summed E-state index contributed by atoms with van der Waals surface area (Å²) in [5.41, 5.74) is 0. The highest BCUT2D eigenvalue weighted by molar-refractivity contribution is 14.1. The molecular weight excluding hydrogens is 293 g/mol. The maximum Gasteiger partial charge on any atom is 0.224 e. The molecule has 0 saturated heterocycles. The van der Waals surface area contributed by atoms with E-state index in [2.05, 4.69) is 9.97 Å². The number of hydrogen-bond acceptors (Lipinski definition) is 2. The van der Waals surface area contributed by atoms with Crippen LogP contribution < -0.4 is 0 Å². The van der Waals surface area contributed by atoms with Crippen molar-refractivity contribution in [2.45, 2.75) is 0 Å². The molecule has 1 aromatic heterocycles. The van der Waals surface area contributed by atoms with Gasteiger partial charge in [0.2, 0.25) is 5.28 Å². The lowest BCUT2D eigenvalue weighted by molar-refractivity contribution is 0.604. The molecule has 0 aliphatic rings. The normalized spacial score (nSPS) is 10.0. The molecule has 0 aliphatic carbocycles. The fourth-order valence-corrected chi connectivity index (χ4v) is 1.54. The largest absolute Gasteiger partial charge is 0.224 e. The minimum atomic E-state index is -0.633. The van der Waals surface area contributed by atoms with Gasteiger partial charge in [-0.2, -0.15) is 0 Å². The predicted molar refractivity (Wildman–Crippen MR) is 44.7 cm³/mol. The van der Waals surface area contributed by atoms with Crippen molar-refractivity contribution < 1.29 is 4.39 Å². The average molecular weight is 293 g/mol. The fraction of sp³-hybridized carbons (Fsp3) is 0. The lowest BCUT2D eigenvalue weighted by Gasteiger charge is -1.94. The minimum absolute atomic E-state index is 0.0456. The molecule has 0 bridgehead atoms. The summed E-state index contributed by atoms with van der Waals surface area (Å²) in [6.45, 7) is 0. The van der Waals surface area contributed by atoms with Crippen molar-refractivity contribution in [1.82, 2.24) is 9.97 Å². The van der Waals surface area contributed by atoms with E-state index in [0.29, 0.717) is 0 Å².